The largest absolute Gasteiger partial charge is 0.390 e. The topological polar surface area (TPSA) is 39.7 Å². The van der Waals surface area contributed by atoms with Gasteiger partial charge in [-0.25, -0.2) is 4.39 Å². The van der Waals surface area contributed by atoms with Crippen molar-refractivity contribution in [1.29, 1.82) is 0 Å². The Morgan fingerprint density at radius 1 is 1.37 bits per heavy atom. The van der Waals surface area contributed by atoms with E-state index in [1.165, 1.54) is 19.2 Å². The van der Waals surface area contributed by atoms with Gasteiger partial charge in [-0.2, -0.15) is 13.2 Å². The number of nitrogens with zero attached hydrogens (tertiary/aromatic N) is 2. The lowest BCUT2D eigenvalue weighted by atomic mass is 10.0. The van der Waals surface area contributed by atoms with E-state index in [-0.39, 0.29) is 42.4 Å². The van der Waals surface area contributed by atoms with E-state index in [2.05, 4.69) is 20.5 Å². The minimum atomic E-state index is -4.19. The van der Waals surface area contributed by atoms with E-state index in [9.17, 15) is 17.6 Å². The van der Waals surface area contributed by atoms with Gasteiger partial charge in [0.15, 0.2) is 5.96 Å². The Bertz CT molecular complexity index is 627. The van der Waals surface area contributed by atoms with Gasteiger partial charge in [0, 0.05) is 37.7 Å². The maximum absolute atomic E-state index is 13.1. The van der Waals surface area contributed by atoms with Gasteiger partial charge in [-0.15, -0.1) is 24.0 Å². The molecule has 1 aromatic carbocycles. The monoisotopic (exact) mass is 522 g/mol. The number of hydrogen-bond acceptors (Lipinski definition) is 2. The van der Waals surface area contributed by atoms with Crippen LogP contribution >= 0.6 is 35.6 Å². The predicted molar refractivity (Wildman–Crippen MR) is 110 cm³/mol. The van der Waals surface area contributed by atoms with Gasteiger partial charge >= 0.3 is 6.18 Å². The van der Waals surface area contributed by atoms with Crippen LogP contribution in [0, 0.1) is 5.82 Å². The summed E-state index contributed by atoms with van der Waals surface area (Å²) in [6.45, 7) is 1.96. The number of aliphatic imine (C=N–C) groups is 1. The number of halogens is 6. The number of benzene rings is 1. The summed E-state index contributed by atoms with van der Waals surface area (Å²) in [5.74, 6) is -0.00779. The predicted octanol–water partition coefficient (Wildman–Crippen LogP) is 4.18. The van der Waals surface area contributed by atoms with Crippen molar-refractivity contribution >= 4 is 41.5 Å². The third kappa shape index (κ3) is 8.82. The maximum atomic E-state index is 13.1. The first kappa shape index (κ1) is 24.2. The maximum Gasteiger partial charge on any atom is 0.390 e. The average Bonchev–Trinajstić information content (AvgIpc) is 2.56. The lowest BCUT2D eigenvalue weighted by Crippen LogP contribution is -2.51. The van der Waals surface area contributed by atoms with Gasteiger partial charge in [0.1, 0.15) is 5.82 Å². The van der Waals surface area contributed by atoms with Crippen LogP contribution in [0.1, 0.15) is 24.8 Å². The molecule has 1 aliphatic rings. The van der Waals surface area contributed by atoms with Crippen LogP contribution in [0.25, 0.3) is 0 Å². The van der Waals surface area contributed by atoms with E-state index < -0.39 is 12.6 Å². The molecule has 1 aliphatic heterocycles. The SMILES string of the molecule is CN=C(NCCC(F)(F)F)NC1CCCN(Cc2ccc(F)cc2Cl)C1.I. The van der Waals surface area contributed by atoms with Crippen molar-refractivity contribution in [3.63, 3.8) is 0 Å². The van der Waals surface area contributed by atoms with Crippen molar-refractivity contribution in [3.8, 4) is 0 Å². The van der Waals surface area contributed by atoms with Crippen LogP contribution in [-0.4, -0.2) is 49.8 Å². The molecule has 1 aromatic rings. The second kappa shape index (κ2) is 11.3. The van der Waals surface area contributed by atoms with Gasteiger partial charge in [0.05, 0.1) is 6.42 Å². The first-order valence-corrected chi connectivity index (χ1v) is 8.85. The number of guanidine groups is 1. The van der Waals surface area contributed by atoms with Gasteiger partial charge in [-0.05, 0) is 37.1 Å². The molecule has 2 rings (SSSR count). The molecular formula is C17H24ClF4IN4. The molecule has 154 valence electrons. The average molecular weight is 523 g/mol. The van der Waals surface area contributed by atoms with Crippen molar-refractivity contribution in [1.82, 2.24) is 15.5 Å². The molecule has 1 saturated heterocycles. The zero-order valence-electron chi connectivity index (χ0n) is 15.0. The van der Waals surface area contributed by atoms with Crippen molar-refractivity contribution in [2.45, 2.75) is 38.0 Å². The lowest BCUT2D eigenvalue weighted by molar-refractivity contribution is -0.132. The molecule has 1 unspecified atom stereocenters. The van der Waals surface area contributed by atoms with E-state index in [0.717, 1.165) is 24.9 Å². The van der Waals surface area contributed by atoms with Crippen LogP contribution in [0.4, 0.5) is 17.6 Å². The molecule has 27 heavy (non-hydrogen) atoms. The van der Waals surface area contributed by atoms with E-state index in [1.807, 2.05) is 0 Å². The van der Waals surface area contributed by atoms with Gasteiger partial charge < -0.3 is 10.6 Å². The van der Waals surface area contributed by atoms with Crippen LogP contribution in [0.2, 0.25) is 5.02 Å². The molecular weight excluding hydrogens is 499 g/mol. The summed E-state index contributed by atoms with van der Waals surface area (Å²) in [5.41, 5.74) is 0.849. The molecule has 0 radical (unpaired) electrons. The number of alkyl halides is 3. The summed E-state index contributed by atoms with van der Waals surface area (Å²) in [4.78, 5) is 6.16. The second-order valence-corrected chi connectivity index (χ2v) is 6.73. The molecule has 10 heteroatoms. The summed E-state index contributed by atoms with van der Waals surface area (Å²) in [5, 5.41) is 6.25. The molecule has 0 saturated carbocycles. The molecule has 0 aliphatic carbocycles. The van der Waals surface area contributed by atoms with Gasteiger partial charge in [-0.3, -0.25) is 9.89 Å². The summed E-state index contributed by atoms with van der Waals surface area (Å²) in [7, 11) is 1.53. The van der Waals surface area contributed by atoms with Gasteiger partial charge in [-0.1, -0.05) is 17.7 Å². The fourth-order valence-corrected chi connectivity index (χ4v) is 3.15. The molecule has 1 atom stereocenters. The Morgan fingerprint density at radius 3 is 2.74 bits per heavy atom. The molecule has 0 amide bonds. The number of piperidine rings is 1. The normalized spacial score (nSPS) is 18.7. The second-order valence-electron chi connectivity index (χ2n) is 6.32. The Kier molecular flexibility index (Phi) is 10.1. The molecule has 1 fully saturated rings. The van der Waals surface area contributed by atoms with Crippen LogP contribution in [0.15, 0.2) is 23.2 Å². The van der Waals surface area contributed by atoms with Crippen LogP contribution < -0.4 is 10.6 Å². The van der Waals surface area contributed by atoms with Crippen LogP contribution in [0.3, 0.4) is 0 Å². The smallest absolute Gasteiger partial charge is 0.356 e. The third-order valence-electron chi connectivity index (χ3n) is 4.18. The van der Waals surface area contributed by atoms with E-state index in [1.54, 1.807) is 6.07 Å². The summed E-state index contributed by atoms with van der Waals surface area (Å²) in [6, 6.07) is 4.42. The Morgan fingerprint density at radius 2 is 2.11 bits per heavy atom. The Balaban J connectivity index is 0.00000364. The highest BCUT2D eigenvalue weighted by Gasteiger charge is 2.27. The minimum absolute atomic E-state index is 0. The highest BCUT2D eigenvalue weighted by atomic mass is 127. The molecule has 0 bridgehead atoms. The van der Waals surface area contributed by atoms with Crippen LogP contribution in [0.5, 0.6) is 0 Å². The van der Waals surface area contributed by atoms with Gasteiger partial charge in [0.25, 0.3) is 0 Å². The van der Waals surface area contributed by atoms with Gasteiger partial charge in [0.2, 0.25) is 0 Å². The van der Waals surface area contributed by atoms with E-state index in [0.29, 0.717) is 24.1 Å². The molecule has 1 heterocycles. The Hall–Kier alpha value is -0.810. The van der Waals surface area contributed by atoms with E-state index in [4.69, 9.17) is 11.6 Å². The first-order valence-electron chi connectivity index (χ1n) is 8.47. The fraction of sp³-hybridized carbons (Fsp3) is 0.588. The highest BCUT2D eigenvalue weighted by molar-refractivity contribution is 14.0. The third-order valence-corrected chi connectivity index (χ3v) is 4.53. The van der Waals surface area contributed by atoms with E-state index >= 15 is 0 Å². The molecule has 0 spiro atoms. The lowest BCUT2D eigenvalue weighted by Gasteiger charge is -2.34. The summed E-state index contributed by atoms with van der Waals surface area (Å²) in [6.07, 6.45) is -3.26. The Labute approximate surface area is 178 Å². The minimum Gasteiger partial charge on any atom is -0.356 e. The molecule has 0 aromatic heterocycles. The number of nitrogens with one attached hydrogen (secondary N) is 2. The number of hydrogen-bond donors (Lipinski definition) is 2. The fourth-order valence-electron chi connectivity index (χ4n) is 2.92. The zero-order valence-corrected chi connectivity index (χ0v) is 18.0. The highest BCUT2D eigenvalue weighted by Crippen LogP contribution is 2.21. The summed E-state index contributed by atoms with van der Waals surface area (Å²) >= 11 is 6.08. The number of rotatable bonds is 5. The van der Waals surface area contributed by atoms with Crippen molar-refractivity contribution in [2.75, 3.05) is 26.7 Å². The standard InChI is InChI=1S/C17H23ClF4N4.HI/c1-23-16(24-7-6-17(20,21)22)25-14-3-2-8-26(11-14)10-12-4-5-13(19)9-15(12)18;/h4-5,9,14H,2-3,6-8,10-11H2,1H3,(H2,23,24,25);1H. The van der Waals surface area contributed by atoms with Crippen molar-refractivity contribution in [3.05, 3.63) is 34.6 Å². The van der Waals surface area contributed by atoms with Crippen molar-refractivity contribution in [2.24, 2.45) is 4.99 Å². The molecule has 4 nitrogen and oxygen atoms in total. The van der Waals surface area contributed by atoms with Crippen LogP contribution in [-0.2, 0) is 6.54 Å². The van der Waals surface area contributed by atoms with Crippen molar-refractivity contribution < 1.29 is 17.6 Å². The first-order chi connectivity index (χ1) is 12.3. The summed E-state index contributed by atoms with van der Waals surface area (Å²) < 4.78 is 49.9. The zero-order chi connectivity index (χ0) is 19.2. The quantitative estimate of drug-likeness (QED) is 0.264. The number of likely N-dealkylation sites (tertiary alicyclic amines) is 1. The molecule has 2 N–H and O–H groups in total.